The Labute approximate surface area is 144 Å². The van der Waals surface area contributed by atoms with E-state index in [1.165, 1.54) is 0 Å². The van der Waals surface area contributed by atoms with Crippen LogP contribution in [0.4, 0.5) is 19.0 Å². The summed E-state index contributed by atoms with van der Waals surface area (Å²) in [5.74, 6) is -3.64. The third kappa shape index (κ3) is 6.44. The predicted molar refractivity (Wildman–Crippen MR) is 83.6 cm³/mol. The zero-order valence-corrected chi connectivity index (χ0v) is 14.2. The summed E-state index contributed by atoms with van der Waals surface area (Å²) in [7, 11) is 0. The highest BCUT2D eigenvalue weighted by atomic mass is 35.5. The number of carbonyl (C=O) groups excluding carboxylic acids is 1. The first-order valence-corrected chi connectivity index (χ1v) is 8.07. The van der Waals surface area contributed by atoms with Crippen LogP contribution in [0.25, 0.3) is 0 Å². The van der Waals surface area contributed by atoms with Gasteiger partial charge in [-0.15, -0.1) is 11.8 Å². The molecule has 0 aliphatic rings. The van der Waals surface area contributed by atoms with E-state index in [2.05, 4.69) is 4.98 Å². The first-order chi connectivity index (χ1) is 11.0. The molecule has 134 valence electrons. The smallest absolute Gasteiger partial charge is 0.420 e. The Morgan fingerprint density at radius 1 is 1.42 bits per heavy atom. The number of thioether (sulfide) groups is 1. The monoisotopic (exact) mass is 386 g/mol. The number of carboxylic acids is 1. The fourth-order valence-electron chi connectivity index (χ4n) is 1.49. The Morgan fingerprint density at radius 3 is 2.54 bits per heavy atom. The second kappa shape index (κ2) is 8.43. The van der Waals surface area contributed by atoms with Crippen LogP contribution in [-0.4, -0.2) is 39.6 Å². The zero-order chi connectivity index (χ0) is 18.5. The van der Waals surface area contributed by atoms with Crippen LogP contribution in [-0.2, 0) is 15.8 Å². The van der Waals surface area contributed by atoms with Gasteiger partial charge in [0.15, 0.2) is 0 Å². The van der Waals surface area contributed by atoms with Crippen LogP contribution in [0.5, 0.6) is 5.88 Å². The molecule has 24 heavy (non-hydrogen) atoms. The third-order valence-electron chi connectivity index (χ3n) is 2.31. The fraction of sp³-hybridized carbons (Fsp3) is 0.462. The van der Waals surface area contributed by atoms with Crippen molar-refractivity contribution >= 4 is 41.1 Å². The minimum atomic E-state index is -4.79. The molecule has 1 amide bonds. The number of pyridine rings is 1. The van der Waals surface area contributed by atoms with E-state index >= 15 is 0 Å². The lowest BCUT2D eigenvalue weighted by molar-refractivity contribution is -0.137. The number of carboxylic acid groups (broad SMARTS) is 1. The molecule has 0 atom stereocenters. The Hall–Kier alpha value is -1.68. The van der Waals surface area contributed by atoms with Crippen LogP contribution in [0.2, 0.25) is 5.02 Å². The van der Waals surface area contributed by atoms with Gasteiger partial charge in [-0.2, -0.15) is 18.2 Å². The number of halogens is 4. The highest BCUT2D eigenvalue weighted by molar-refractivity contribution is 8.00. The number of rotatable bonds is 7. The first kappa shape index (κ1) is 20.4. The summed E-state index contributed by atoms with van der Waals surface area (Å²) in [6.45, 7) is 3.27. The summed E-state index contributed by atoms with van der Waals surface area (Å²) in [5.41, 5.74) is -1.22. The number of carbonyl (C=O) groups is 2. The quantitative estimate of drug-likeness (QED) is 0.747. The molecule has 0 aromatic carbocycles. The van der Waals surface area contributed by atoms with Crippen LogP contribution >= 0.6 is 23.4 Å². The number of aromatic nitrogens is 1. The molecule has 0 unspecified atom stereocenters. The summed E-state index contributed by atoms with van der Waals surface area (Å²) in [6, 6.07) is 0.617. The standard InChI is InChI=1S/C13H14ClF3N2O4S/c1-6(2)23-12-8(14)3-7(13(15,16)17)11(19-12)18-9(20)4-24-5-10(21)22/h3,6H,4-5H2,1-2H3,(H,21,22)(H,18,19,20). The van der Waals surface area contributed by atoms with Gasteiger partial charge < -0.3 is 15.2 Å². The summed E-state index contributed by atoms with van der Waals surface area (Å²) >= 11 is 6.48. The largest absolute Gasteiger partial charge is 0.481 e. The molecule has 0 saturated heterocycles. The molecule has 2 N–H and O–H groups in total. The lowest BCUT2D eigenvalue weighted by atomic mass is 10.2. The van der Waals surface area contributed by atoms with Crippen molar-refractivity contribution < 1.29 is 32.6 Å². The summed E-state index contributed by atoms with van der Waals surface area (Å²) in [6.07, 6.45) is -5.18. The molecule has 0 bridgehead atoms. The minimum Gasteiger partial charge on any atom is -0.481 e. The normalized spacial score (nSPS) is 11.5. The van der Waals surface area contributed by atoms with E-state index in [4.69, 9.17) is 21.4 Å². The Balaban J connectivity index is 3.04. The Kier molecular flexibility index (Phi) is 7.15. The number of alkyl halides is 3. The van der Waals surface area contributed by atoms with Gasteiger partial charge >= 0.3 is 12.1 Å². The van der Waals surface area contributed by atoms with E-state index in [1.54, 1.807) is 13.8 Å². The van der Waals surface area contributed by atoms with Crippen LogP contribution in [0.3, 0.4) is 0 Å². The number of nitrogens with one attached hydrogen (secondary N) is 1. The summed E-state index contributed by atoms with van der Waals surface area (Å²) < 4.78 is 44.4. The van der Waals surface area contributed by atoms with Gasteiger partial charge in [-0.3, -0.25) is 9.59 Å². The SMILES string of the molecule is CC(C)Oc1nc(NC(=O)CSCC(=O)O)c(C(F)(F)F)cc1Cl. The van der Waals surface area contributed by atoms with E-state index in [9.17, 15) is 22.8 Å². The van der Waals surface area contributed by atoms with Gasteiger partial charge in [-0.05, 0) is 19.9 Å². The number of anilines is 1. The van der Waals surface area contributed by atoms with E-state index in [0.29, 0.717) is 6.07 Å². The Morgan fingerprint density at radius 2 is 2.04 bits per heavy atom. The summed E-state index contributed by atoms with van der Waals surface area (Å²) in [5, 5.41) is 10.1. The molecule has 0 spiro atoms. The van der Waals surface area contributed by atoms with Gasteiger partial charge in [-0.1, -0.05) is 11.6 Å². The van der Waals surface area contributed by atoms with Crippen LogP contribution in [0.1, 0.15) is 19.4 Å². The Bertz CT molecular complexity index is 626. The fourth-order valence-corrected chi connectivity index (χ4v) is 2.22. The molecule has 1 aromatic heterocycles. The second-order valence-electron chi connectivity index (χ2n) is 4.77. The van der Waals surface area contributed by atoms with Crippen molar-refractivity contribution in [1.82, 2.24) is 4.98 Å². The number of hydrogen-bond acceptors (Lipinski definition) is 5. The van der Waals surface area contributed by atoms with E-state index in [0.717, 1.165) is 11.8 Å². The number of nitrogens with zero attached hydrogens (tertiary/aromatic N) is 1. The first-order valence-electron chi connectivity index (χ1n) is 6.54. The number of ether oxygens (including phenoxy) is 1. The van der Waals surface area contributed by atoms with Crippen molar-refractivity contribution in [2.75, 3.05) is 16.8 Å². The maximum atomic E-state index is 13.1. The molecule has 1 aromatic rings. The molecule has 0 saturated carbocycles. The van der Waals surface area contributed by atoms with Crippen molar-refractivity contribution in [3.8, 4) is 5.88 Å². The number of aliphatic carboxylic acids is 1. The molecular weight excluding hydrogens is 373 g/mol. The molecule has 0 fully saturated rings. The van der Waals surface area contributed by atoms with Crippen LogP contribution in [0, 0.1) is 0 Å². The zero-order valence-electron chi connectivity index (χ0n) is 12.6. The number of hydrogen-bond donors (Lipinski definition) is 2. The van der Waals surface area contributed by atoms with Crippen molar-refractivity contribution in [3.05, 3.63) is 16.7 Å². The topological polar surface area (TPSA) is 88.5 Å². The predicted octanol–water partition coefficient (Wildman–Crippen LogP) is 3.30. The lowest BCUT2D eigenvalue weighted by Gasteiger charge is -2.17. The molecule has 1 heterocycles. The average molecular weight is 387 g/mol. The van der Waals surface area contributed by atoms with Crippen molar-refractivity contribution in [3.63, 3.8) is 0 Å². The van der Waals surface area contributed by atoms with Gasteiger partial charge in [0.1, 0.15) is 16.4 Å². The summed E-state index contributed by atoms with van der Waals surface area (Å²) in [4.78, 5) is 25.7. The molecule has 1 rings (SSSR count). The molecule has 0 radical (unpaired) electrons. The molecule has 6 nitrogen and oxygen atoms in total. The van der Waals surface area contributed by atoms with Gasteiger partial charge in [0.05, 0.1) is 17.6 Å². The minimum absolute atomic E-state index is 0.242. The van der Waals surface area contributed by atoms with Gasteiger partial charge in [0.25, 0.3) is 0 Å². The van der Waals surface area contributed by atoms with Gasteiger partial charge in [-0.25, -0.2) is 0 Å². The van der Waals surface area contributed by atoms with Gasteiger partial charge in [0.2, 0.25) is 11.8 Å². The highest BCUT2D eigenvalue weighted by Crippen LogP contribution is 2.38. The average Bonchev–Trinajstić information content (AvgIpc) is 2.39. The maximum Gasteiger partial charge on any atom is 0.420 e. The molecular formula is C13H14ClF3N2O4S. The molecule has 0 aliphatic carbocycles. The van der Waals surface area contributed by atoms with Crippen molar-refractivity contribution in [1.29, 1.82) is 0 Å². The third-order valence-corrected chi connectivity index (χ3v) is 3.50. The van der Waals surface area contributed by atoms with Crippen LogP contribution in [0.15, 0.2) is 6.07 Å². The van der Waals surface area contributed by atoms with Crippen molar-refractivity contribution in [2.24, 2.45) is 0 Å². The lowest BCUT2D eigenvalue weighted by Crippen LogP contribution is -2.21. The molecule has 11 heteroatoms. The second-order valence-corrected chi connectivity index (χ2v) is 6.16. The van der Waals surface area contributed by atoms with Gasteiger partial charge in [0, 0.05) is 0 Å². The molecule has 0 aliphatic heterocycles. The number of amides is 1. The highest BCUT2D eigenvalue weighted by Gasteiger charge is 2.36. The van der Waals surface area contributed by atoms with Crippen LogP contribution < -0.4 is 10.1 Å². The van der Waals surface area contributed by atoms with E-state index < -0.39 is 29.4 Å². The van der Waals surface area contributed by atoms with E-state index in [-0.39, 0.29) is 28.5 Å². The van der Waals surface area contributed by atoms with Crippen molar-refractivity contribution in [2.45, 2.75) is 26.1 Å². The van der Waals surface area contributed by atoms with E-state index in [1.807, 2.05) is 5.32 Å². The maximum absolute atomic E-state index is 13.1.